The lowest BCUT2D eigenvalue weighted by molar-refractivity contribution is -0.149. The van der Waals surface area contributed by atoms with Crippen molar-refractivity contribution in [1.82, 2.24) is 5.32 Å². The molecule has 0 aliphatic carbocycles. The Morgan fingerprint density at radius 2 is 2.33 bits per heavy atom. The van der Waals surface area contributed by atoms with Crippen LogP contribution in [0.3, 0.4) is 0 Å². The van der Waals surface area contributed by atoms with Gasteiger partial charge in [-0.3, -0.25) is 4.79 Å². The van der Waals surface area contributed by atoms with Crippen LogP contribution >= 0.6 is 11.3 Å². The Hall–Kier alpha value is -0.870. The van der Waals surface area contributed by atoms with Crippen molar-refractivity contribution in [2.45, 2.75) is 45.1 Å². The highest BCUT2D eigenvalue weighted by Crippen LogP contribution is 2.26. The molecule has 0 fully saturated rings. The quantitative estimate of drug-likeness (QED) is 0.550. The number of unbranched alkanes of at least 4 members (excludes halogenated alkanes) is 2. The van der Waals surface area contributed by atoms with Gasteiger partial charge in [-0.25, -0.2) is 0 Å². The molecule has 102 valence electrons. The largest absolute Gasteiger partial charge is 0.457 e. The number of nitrogens with one attached hydrogen (secondary N) is 1. The number of ether oxygens (including phenoxy) is 1. The highest BCUT2D eigenvalue weighted by molar-refractivity contribution is 7.10. The molecule has 0 aromatic carbocycles. The van der Waals surface area contributed by atoms with Crippen molar-refractivity contribution >= 4 is 17.3 Å². The lowest BCUT2D eigenvalue weighted by atomic mass is 10.2. The van der Waals surface area contributed by atoms with E-state index in [2.05, 4.69) is 12.2 Å². The summed E-state index contributed by atoms with van der Waals surface area (Å²) >= 11 is 1.65. The van der Waals surface area contributed by atoms with E-state index in [-0.39, 0.29) is 12.1 Å². The van der Waals surface area contributed by atoms with E-state index < -0.39 is 0 Å². The summed E-state index contributed by atoms with van der Waals surface area (Å²) in [6, 6.07) is 4.03. The minimum absolute atomic E-state index is 0.0713. The van der Waals surface area contributed by atoms with Gasteiger partial charge >= 0.3 is 5.97 Å². The van der Waals surface area contributed by atoms with Gasteiger partial charge in [-0.2, -0.15) is 0 Å². The smallest absolute Gasteiger partial charge is 0.306 e. The van der Waals surface area contributed by atoms with Gasteiger partial charge in [0.2, 0.25) is 0 Å². The Labute approximate surface area is 114 Å². The average molecular weight is 269 g/mol. The van der Waals surface area contributed by atoms with E-state index in [1.165, 1.54) is 0 Å². The maximum atomic E-state index is 11.7. The normalized spacial score (nSPS) is 12.3. The maximum Gasteiger partial charge on any atom is 0.306 e. The van der Waals surface area contributed by atoms with Crippen LogP contribution in [0.2, 0.25) is 0 Å². The van der Waals surface area contributed by atoms with Crippen LogP contribution in [0.1, 0.15) is 50.0 Å². The standard InChI is InChI=1S/C14H23NO2S/c1-3-4-5-8-14(16)17-12(9-10-15-2)13-7-6-11-18-13/h6-7,11-12,15H,3-5,8-10H2,1-2H3/t12-/m0/s1. The zero-order chi connectivity index (χ0) is 13.2. The molecule has 0 aliphatic rings. The summed E-state index contributed by atoms with van der Waals surface area (Å²) < 4.78 is 5.58. The highest BCUT2D eigenvalue weighted by Gasteiger charge is 2.16. The van der Waals surface area contributed by atoms with Crippen LogP contribution in [0, 0.1) is 0 Å². The van der Waals surface area contributed by atoms with Gasteiger partial charge in [0, 0.05) is 17.7 Å². The summed E-state index contributed by atoms with van der Waals surface area (Å²) in [5.74, 6) is -0.0713. The fraction of sp³-hybridized carbons (Fsp3) is 0.643. The first kappa shape index (κ1) is 15.2. The SMILES string of the molecule is CCCCCC(=O)O[C@@H](CCNC)c1cccs1. The number of esters is 1. The summed E-state index contributed by atoms with van der Waals surface area (Å²) in [5, 5.41) is 5.12. The monoisotopic (exact) mass is 269 g/mol. The lowest BCUT2D eigenvalue weighted by Crippen LogP contribution is -2.16. The molecule has 1 atom stereocenters. The number of hydrogen-bond acceptors (Lipinski definition) is 4. The second-order valence-corrected chi connectivity index (χ2v) is 5.32. The number of carbonyl (C=O) groups excluding carboxylic acids is 1. The van der Waals surface area contributed by atoms with Crippen LogP contribution < -0.4 is 5.32 Å². The van der Waals surface area contributed by atoms with E-state index in [4.69, 9.17) is 4.74 Å². The minimum Gasteiger partial charge on any atom is -0.457 e. The molecule has 3 nitrogen and oxygen atoms in total. The molecule has 18 heavy (non-hydrogen) atoms. The van der Waals surface area contributed by atoms with Gasteiger partial charge in [0.05, 0.1) is 0 Å². The molecule has 0 unspecified atom stereocenters. The van der Waals surface area contributed by atoms with Crippen molar-refractivity contribution in [2.75, 3.05) is 13.6 Å². The molecular weight excluding hydrogens is 246 g/mol. The Morgan fingerprint density at radius 1 is 1.50 bits per heavy atom. The maximum absolute atomic E-state index is 11.7. The molecule has 0 bridgehead atoms. The van der Waals surface area contributed by atoms with Crippen molar-refractivity contribution in [3.05, 3.63) is 22.4 Å². The van der Waals surface area contributed by atoms with Crippen molar-refractivity contribution in [3.63, 3.8) is 0 Å². The van der Waals surface area contributed by atoms with Gasteiger partial charge in [-0.1, -0.05) is 25.8 Å². The van der Waals surface area contributed by atoms with Gasteiger partial charge in [0.25, 0.3) is 0 Å². The average Bonchev–Trinajstić information content (AvgIpc) is 2.88. The first-order chi connectivity index (χ1) is 8.77. The van der Waals surface area contributed by atoms with Gasteiger partial charge in [0.1, 0.15) is 6.10 Å². The third kappa shape index (κ3) is 5.65. The van der Waals surface area contributed by atoms with Crippen LogP contribution in [-0.2, 0) is 9.53 Å². The molecule has 0 saturated heterocycles. The van der Waals surface area contributed by atoms with Crippen LogP contribution in [0.25, 0.3) is 0 Å². The number of rotatable bonds is 9. The molecule has 4 heteroatoms. The Bertz CT molecular complexity index is 325. The van der Waals surface area contributed by atoms with Crippen molar-refractivity contribution in [1.29, 1.82) is 0 Å². The summed E-state index contributed by atoms with van der Waals surface area (Å²) in [6.07, 6.45) is 4.42. The van der Waals surface area contributed by atoms with E-state index in [1.54, 1.807) is 11.3 Å². The number of hydrogen-bond donors (Lipinski definition) is 1. The van der Waals surface area contributed by atoms with Gasteiger partial charge < -0.3 is 10.1 Å². The summed E-state index contributed by atoms with van der Waals surface area (Å²) in [4.78, 5) is 12.9. The molecule has 0 spiro atoms. The molecule has 0 amide bonds. The number of carbonyl (C=O) groups is 1. The van der Waals surface area contributed by atoms with E-state index >= 15 is 0 Å². The highest BCUT2D eigenvalue weighted by atomic mass is 32.1. The molecular formula is C14H23NO2S. The van der Waals surface area contributed by atoms with E-state index in [1.807, 2.05) is 24.6 Å². The van der Waals surface area contributed by atoms with Crippen LogP contribution in [0.4, 0.5) is 0 Å². The van der Waals surface area contributed by atoms with E-state index in [9.17, 15) is 4.79 Å². The topological polar surface area (TPSA) is 38.3 Å². The molecule has 1 aromatic heterocycles. The Morgan fingerprint density at radius 3 is 2.94 bits per heavy atom. The van der Waals surface area contributed by atoms with Crippen molar-refractivity contribution < 1.29 is 9.53 Å². The molecule has 1 aromatic rings. The number of thiophene rings is 1. The zero-order valence-electron chi connectivity index (χ0n) is 11.3. The lowest BCUT2D eigenvalue weighted by Gasteiger charge is -2.16. The Kier molecular flexibility index (Phi) is 7.69. The summed E-state index contributed by atoms with van der Waals surface area (Å²) in [7, 11) is 1.91. The summed E-state index contributed by atoms with van der Waals surface area (Å²) in [6.45, 7) is 2.98. The van der Waals surface area contributed by atoms with E-state index in [0.29, 0.717) is 6.42 Å². The van der Waals surface area contributed by atoms with Crippen LogP contribution in [0.15, 0.2) is 17.5 Å². The first-order valence-electron chi connectivity index (χ1n) is 6.65. The first-order valence-corrected chi connectivity index (χ1v) is 7.53. The third-order valence-corrected chi connectivity index (χ3v) is 3.74. The molecule has 1 rings (SSSR count). The third-order valence-electron chi connectivity index (χ3n) is 2.78. The van der Waals surface area contributed by atoms with Crippen LogP contribution in [-0.4, -0.2) is 19.6 Å². The molecule has 0 aliphatic heterocycles. The second kappa shape index (κ2) is 9.11. The minimum atomic E-state index is -0.0911. The fourth-order valence-electron chi connectivity index (χ4n) is 1.75. The second-order valence-electron chi connectivity index (χ2n) is 4.34. The van der Waals surface area contributed by atoms with Crippen molar-refractivity contribution in [3.8, 4) is 0 Å². The van der Waals surface area contributed by atoms with Crippen molar-refractivity contribution in [2.24, 2.45) is 0 Å². The summed E-state index contributed by atoms with van der Waals surface area (Å²) in [5.41, 5.74) is 0. The Balaban J connectivity index is 2.43. The van der Waals surface area contributed by atoms with E-state index in [0.717, 1.165) is 37.1 Å². The predicted octanol–water partition coefficient (Wildman–Crippen LogP) is 3.52. The van der Waals surface area contributed by atoms with Gasteiger partial charge in [-0.15, -0.1) is 11.3 Å². The molecule has 1 heterocycles. The zero-order valence-corrected chi connectivity index (χ0v) is 12.1. The molecule has 1 N–H and O–H groups in total. The molecule has 0 saturated carbocycles. The molecule has 0 radical (unpaired) electrons. The van der Waals surface area contributed by atoms with Crippen LogP contribution in [0.5, 0.6) is 0 Å². The fourth-order valence-corrected chi connectivity index (χ4v) is 2.54. The van der Waals surface area contributed by atoms with Gasteiger partial charge in [0.15, 0.2) is 0 Å². The van der Waals surface area contributed by atoms with Gasteiger partial charge in [-0.05, 0) is 31.5 Å². The predicted molar refractivity (Wildman–Crippen MR) is 75.8 cm³/mol.